The molecule has 0 bridgehead atoms. The molecule has 0 atom stereocenters. The molecule has 3 heterocycles. The minimum Gasteiger partial charge on any atom is -0.669 e. The van der Waals surface area contributed by atoms with Gasteiger partial charge in [-0.2, -0.15) is 5.10 Å². The highest BCUT2D eigenvalue weighted by Gasteiger charge is 2.36. The van der Waals surface area contributed by atoms with Crippen LogP contribution in [0.3, 0.4) is 0 Å². The van der Waals surface area contributed by atoms with Gasteiger partial charge < -0.3 is 34.2 Å². The highest BCUT2D eigenvalue weighted by atomic mass is 16.6. The zero-order valence-corrected chi connectivity index (χ0v) is 14.0. The molecule has 1 amide bonds. The van der Waals surface area contributed by atoms with Gasteiger partial charge in [0, 0.05) is 0 Å². The average molecular weight is 374 g/mol. The topological polar surface area (TPSA) is 161 Å². The van der Waals surface area contributed by atoms with Gasteiger partial charge in [0.2, 0.25) is 5.82 Å². The number of H-pyrrole nitrogens is 1. The standard InChI is InChI=1S/C15H16BN4O7/c21-14(13-17-7-18-19-13)20-5-9(6-20)26-10-2-1-8-3-4-16(24,25)27-12(8)11(10)15(22)23/h1-2,7,9,24-25H,3-6H2,(H,22,23)(H,17,18,19)/q-1/p-1. The second kappa shape index (κ2) is 6.25. The predicted octanol–water partition coefficient (Wildman–Crippen LogP) is -2.07. The van der Waals surface area contributed by atoms with Crippen LogP contribution < -0.4 is 14.5 Å². The van der Waals surface area contributed by atoms with E-state index >= 15 is 0 Å². The van der Waals surface area contributed by atoms with E-state index in [-0.39, 0.29) is 54.6 Å². The van der Waals surface area contributed by atoms with Crippen molar-refractivity contribution < 1.29 is 34.1 Å². The van der Waals surface area contributed by atoms with E-state index in [4.69, 9.17) is 9.39 Å². The van der Waals surface area contributed by atoms with Crippen LogP contribution in [0.1, 0.15) is 26.5 Å². The molecule has 1 aromatic heterocycles. The summed E-state index contributed by atoms with van der Waals surface area (Å²) in [6, 6.07) is 3.08. The third kappa shape index (κ3) is 3.20. The fourth-order valence-electron chi connectivity index (χ4n) is 3.14. The summed E-state index contributed by atoms with van der Waals surface area (Å²) in [6.07, 6.45) is 1.02. The molecule has 2 aliphatic heterocycles. The monoisotopic (exact) mass is 374 g/mol. The Bertz CT molecular complexity index is 896. The van der Waals surface area contributed by atoms with Gasteiger partial charge in [-0.25, -0.2) is 4.98 Å². The summed E-state index contributed by atoms with van der Waals surface area (Å²) in [5.41, 5.74) is 0.152. The normalized spacial score (nSPS) is 18.2. The highest BCUT2D eigenvalue weighted by Crippen LogP contribution is 2.38. The molecule has 142 valence electrons. The van der Waals surface area contributed by atoms with E-state index < -0.39 is 18.8 Å². The number of aromatic carboxylic acids is 1. The molecule has 0 aliphatic carbocycles. The van der Waals surface area contributed by atoms with E-state index in [9.17, 15) is 24.7 Å². The lowest BCUT2D eigenvalue weighted by Gasteiger charge is -2.40. The Morgan fingerprint density at radius 2 is 2.15 bits per heavy atom. The molecule has 0 spiro atoms. The van der Waals surface area contributed by atoms with E-state index in [1.54, 1.807) is 6.07 Å². The van der Waals surface area contributed by atoms with Crippen molar-refractivity contribution in [3.63, 3.8) is 0 Å². The van der Waals surface area contributed by atoms with Crippen LogP contribution in [0.15, 0.2) is 18.5 Å². The Labute approximate surface area is 152 Å². The number of ether oxygens (including phenoxy) is 1. The quantitative estimate of drug-likeness (QED) is 0.511. The van der Waals surface area contributed by atoms with Crippen LogP contribution in [0.5, 0.6) is 11.5 Å². The minimum atomic E-state index is -3.13. The fourth-order valence-corrected chi connectivity index (χ4v) is 3.14. The molecule has 12 heteroatoms. The van der Waals surface area contributed by atoms with Gasteiger partial charge in [0.1, 0.15) is 18.2 Å². The smallest absolute Gasteiger partial charge is 0.430 e. The Morgan fingerprint density at radius 3 is 2.81 bits per heavy atom. The summed E-state index contributed by atoms with van der Waals surface area (Å²) in [5, 5.41) is 37.2. The van der Waals surface area contributed by atoms with Crippen LogP contribution in [0.2, 0.25) is 6.32 Å². The highest BCUT2D eigenvalue weighted by molar-refractivity contribution is 6.59. The van der Waals surface area contributed by atoms with Gasteiger partial charge in [0.15, 0.2) is 0 Å². The van der Waals surface area contributed by atoms with Crippen LogP contribution in [-0.4, -0.2) is 68.0 Å². The number of amides is 1. The first-order valence-corrected chi connectivity index (χ1v) is 8.32. The van der Waals surface area contributed by atoms with Gasteiger partial charge in [0.25, 0.3) is 5.91 Å². The van der Waals surface area contributed by atoms with Crippen LogP contribution >= 0.6 is 0 Å². The maximum Gasteiger partial charge on any atom is 0.430 e. The van der Waals surface area contributed by atoms with Crippen molar-refractivity contribution in [2.24, 2.45) is 0 Å². The summed E-state index contributed by atoms with van der Waals surface area (Å²) in [4.78, 5) is 28.9. The number of likely N-dealkylation sites (tertiary alicyclic amines) is 1. The maximum absolute atomic E-state index is 12.1. The number of hydrogen-bond donors (Lipinski definition) is 3. The largest absolute Gasteiger partial charge is 0.669 e. The average Bonchev–Trinajstić information content (AvgIpc) is 3.10. The van der Waals surface area contributed by atoms with Gasteiger partial charge in [-0.15, -0.1) is 0 Å². The SMILES string of the molecule is O=C([O-])c1c(OC2CN(C(=O)c3ncn[nH]3)C2)ccc2c1O[B-](O)(O)CC2. The summed E-state index contributed by atoms with van der Waals surface area (Å²) in [5.74, 6) is -1.95. The zero-order chi connectivity index (χ0) is 19.2. The van der Waals surface area contributed by atoms with Crippen molar-refractivity contribution in [2.75, 3.05) is 13.1 Å². The second-order valence-electron chi connectivity index (χ2n) is 6.51. The number of nitrogens with one attached hydrogen (secondary N) is 1. The van der Waals surface area contributed by atoms with E-state index in [1.807, 2.05) is 0 Å². The molecule has 2 aromatic rings. The number of rotatable bonds is 4. The third-order valence-corrected chi connectivity index (χ3v) is 4.55. The number of benzene rings is 1. The van der Waals surface area contributed by atoms with Crippen LogP contribution in [0.25, 0.3) is 0 Å². The fraction of sp³-hybridized carbons (Fsp3) is 0.333. The summed E-state index contributed by atoms with van der Waals surface area (Å²) < 4.78 is 10.8. The van der Waals surface area contributed by atoms with Crippen LogP contribution in [-0.2, 0) is 6.42 Å². The van der Waals surface area contributed by atoms with E-state index in [0.29, 0.717) is 5.56 Å². The number of aryl methyl sites for hydroxylation is 1. The summed E-state index contributed by atoms with van der Waals surface area (Å²) >= 11 is 0. The lowest BCUT2D eigenvalue weighted by Crippen LogP contribution is -2.56. The summed E-state index contributed by atoms with van der Waals surface area (Å²) in [7, 11) is 0. The lowest BCUT2D eigenvalue weighted by molar-refractivity contribution is -0.255. The molecular formula is C15H15BN4O7-2. The molecule has 3 N–H and O–H groups in total. The molecule has 27 heavy (non-hydrogen) atoms. The number of hydrogen-bond acceptors (Lipinski definition) is 9. The molecule has 1 aromatic carbocycles. The van der Waals surface area contributed by atoms with Gasteiger partial charge in [-0.3, -0.25) is 9.89 Å². The molecule has 4 rings (SSSR count). The van der Waals surface area contributed by atoms with Crippen LogP contribution in [0.4, 0.5) is 0 Å². The van der Waals surface area contributed by atoms with Crippen molar-refractivity contribution >= 4 is 18.6 Å². The number of fused-ring (bicyclic) bond motifs is 1. The van der Waals surface area contributed by atoms with E-state index in [1.165, 1.54) is 17.3 Å². The first-order chi connectivity index (χ1) is 12.8. The second-order valence-corrected chi connectivity index (χ2v) is 6.51. The first-order valence-electron chi connectivity index (χ1n) is 8.32. The molecular weight excluding hydrogens is 359 g/mol. The number of aromatic amines is 1. The third-order valence-electron chi connectivity index (χ3n) is 4.55. The Kier molecular flexibility index (Phi) is 4.00. The number of carbonyl (C=O) groups excluding carboxylic acids is 2. The molecule has 1 saturated heterocycles. The van der Waals surface area contributed by atoms with Crippen molar-refractivity contribution in [3.8, 4) is 11.5 Å². The van der Waals surface area contributed by atoms with Crippen LogP contribution in [0, 0.1) is 0 Å². The Balaban J connectivity index is 1.50. The number of carboxylic acid groups (broad SMARTS) is 1. The van der Waals surface area contributed by atoms with E-state index in [0.717, 1.165) is 0 Å². The van der Waals surface area contributed by atoms with Gasteiger partial charge in [-0.05, 0) is 18.1 Å². The molecule has 11 nitrogen and oxygen atoms in total. The maximum atomic E-state index is 12.1. The number of carboxylic acids is 1. The molecule has 0 unspecified atom stereocenters. The predicted molar refractivity (Wildman–Crippen MR) is 86.8 cm³/mol. The van der Waals surface area contributed by atoms with Gasteiger partial charge in [0.05, 0.1) is 30.4 Å². The first kappa shape index (κ1) is 17.3. The Hall–Kier alpha value is -3.12. The number of carbonyl (C=O) groups is 2. The van der Waals surface area contributed by atoms with Crippen molar-refractivity contribution in [1.29, 1.82) is 0 Å². The molecule has 0 radical (unpaired) electrons. The van der Waals surface area contributed by atoms with Gasteiger partial charge >= 0.3 is 6.75 Å². The zero-order valence-electron chi connectivity index (χ0n) is 14.0. The van der Waals surface area contributed by atoms with Gasteiger partial charge in [-0.1, -0.05) is 12.4 Å². The number of aromatic nitrogens is 3. The van der Waals surface area contributed by atoms with Crippen molar-refractivity contribution in [3.05, 3.63) is 35.4 Å². The molecule has 0 saturated carbocycles. The molecule has 2 aliphatic rings. The molecule has 1 fully saturated rings. The number of nitrogens with zero attached hydrogens (tertiary/aromatic N) is 3. The van der Waals surface area contributed by atoms with Crippen molar-refractivity contribution in [2.45, 2.75) is 18.8 Å². The Morgan fingerprint density at radius 1 is 1.37 bits per heavy atom. The van der Waals surface area contributed by atoms with E-state index in [2.05, 4.69) is 15.2 Å². The summed E-state index contributed by atoms with van der Waals surface area (Å²) in [6.45, 7) is -2.66. The lowest BCUT2D eigenvalue weighted by atomic mass is 9.70. The minimum absolute atomic E-state index is 0.0148. The van der Waals surface area contributed by atoms with Crippen molar-refractivity contribution in [1.82, 2.24) is 20.1 Å².